The molecule has 316 valence electrons. The molecule has 0 radical (unpaired) electrons. The number of nitrogens with one attached hydrogen (secondary N) is 3. The highest BCUT2D eigenvalue weighted by molar-refractivity contribution is 7.99. The van der Waals surface area contributed by atoms with Crippen molar-refractivity contribution in [2.24, 2.45) is 4.99 Å². The molecule has 0 spiro atoms. The standard InChI is InChI=1S/C18H17FN6O5S.C17H19FN6O4S/c1-18(2,3)28-16(26)21-6-7-31-15-13(22-30-24-15)14-23-29-17(27)25(14)11-4-5-12(19)10(8-11)9-20;1-17(2,3)27-16(25)20-6-7-29-15-13(23-28-24-15)14(22-26)21-11-4-5-12(18)10(8-11)9-19/h4-5,8H,6-7H2,1-3H3,(H,21,26);4-5,8,26H,6-7H2,1-3H3,(H,20,25)(H,21,22). The third kappa shape index (κ3) is 13.4. The SMILES string of the molecule is CC(C)(C)OC(=O)NCCSc1nonc1-c1noc(=O)n1-c1ccc(F)c(C#N)c1.CC(C)(C)OC(=O)NCCSc1nonc1C(=Nc1ccc(F)c(C#N)c1)NO. The van der Waals surface area contributed by atoms with Crippen LogP contribution in [0.3, 0.4) is 0 Å². The molecular weight excluding hydrogens is 835 g/mol. The summed E-state index contributed by atoms with van der Waals surface area (Å²) in [5.74, 6) is -1.62. The van der Waals surface area contributed by atoms with Crippen LogP contribution in [0, 0.1) is 34.3 Å². The minimum absolute atomic E-state index is 0.0376. The van der Waals surface area contributed by atoms with Crippen molar-refractivity contribution in [1.82, 2.24) is 46.5 Å². The number of nitrogens with zero attached hydrogens (tertiary/aromatic N) is 9. The Morgan fingerprint density at radius 1 is 0.833 bits per heavy atom. The first-order chi connectivity index (χ1) is 28.4. The number of halogens is 2. The smallest absolute Gasteiger partial charge is 0.444 e. The molecule has 0 fully saturated rings. The summed E-state index contributed by atoms with van der Waals surface area (Å²) in [5.41, 5.74) is 0.830. The summed E-state index contributed by atoms with van der Waals surface area (Å²) >= 11 is 2.38. The summed E-state index contributed by atoms with van der Waals surface area (Å²) in [6.07, 6.45) is -1.10. The number of benzene rings is 2. The number of hydroxylamine groups is 1. The molecule has 3 heterocycles. The van der Waals surface area contributed by atoms with Crippen molar-refractivity contribution in [2.75, 3.05) is 24.6 Å². The van der Waals surface area contributed by atoms with E-state index in [0.29, 0.717) is 16.5 Å². The van der Waals surface area contributed by atoms with Crippen LogP contribution in [0.4, 0.5) is 24.1 Å². The lowest BCUT2D eigenvalue weighted by molar-refractivity contribution is 0.0519. The fourth-order valence-electron chi connectivity index (χ4n) is 4.36. The molecule has 0 atom stereocenters. The average Bonchev–Trinajstić information content (AvgIpc) is 3.94. The molecule has 0 aliphatic heterocycles. The van der Waals surface area contributed by atoms with E-state index < -0.39 is 40.8 Å². The van der Waals surface area contributed by atoms with Gasteiger partial charge in [-0.15, -0.1) is 0 Å². The van der Waals surface area contributed by atoms with Gasteiger partial charge < -0.3 is 20.1 Å². The number of thioether (sulfide) groups is 2. The zero-order valence-electron chi connectivity index (χ0n) is 32.6. The van der Waals surface area contributed by atoms with Gasteiger partial charge in [0.2, 0.25) is 5.82 Å². The van der Waals surface area contributed by atoms with Crippen LogP contribution in [0.5, 0.6) is 0 Å². The van der Waals surface area contributed by atoms with Gasteiger partial charge in [0, 0.05) is 24.6 Å². The molecule has 0 aliphatic carbocycles. The van der Waals surface area contributed by atoms with Crippen molar-refractivity contribution in [3.05, 3.63) is 75.4 Å². The fraction of sp³-hybridized carbons (Fsp3) is 0.343. The topological polar surface area (TPSA) is 295 Å². The summed E-state index contributed by atoms with van der Waals surface area (Å²) < 4.78 is 52.6. The van der Waals surface area contributed by atoms with Gasteiger partial charge in [0.05, 0.1) is 22.5 Å². The lowest BCUT2D eigenvalue weighted by atomic mass is 10.2. The molecule has 0 saturated carbocycles. The predicted octanol–water partition coefficient (Wildman–Crippen LogP) is 5.26. The van der Waals surface area contributed by atoms with E-state index in [1.807, 2.05) is 5.48 Å². The molecule has 60 heavy (non-hydrogen) atoms. The van der Waals surface area contributed by atoms with Crippen LogP contribution in [-0.2, 0) is 9.47 Å². The molecule has 21 nitrogen and oxygen atoms in total. The molecular formula is C35H36F2N12O9S2. The van der Waals surface area contributed by atoms with Crippen molar-refractivity contribution in [3.8, 4) is 29.3 Å². The maximum Gasteiger partial charge on any atom is 0.446 e. The second kappa shape index (κ2) is 20.7. The largest absolute Gasteiger partial charge is 0.446 e. The maximum atomic E-state index is 13.6. The van der Waals surface area contributed by atoms with Crippen molar-refractivity contribution in [2.45, 2.75) is 62.8 Å². The Morgan fingerprint density at radius 2 is 1.38 bits per heavy atom. The Morgan fingerprint density at radius 3 is 1.97 bits per heavy atom. The van der Waals surface area contributed by atoms with Gasteiger partial charge in [-0.2, -0.15) is 10.5 Å². The Bertz CT molecular complexity index is 2460. The van der Waals surface area contributed by atoms with E-state index in [2.05, 4.69) is 41.4 Å². The molecule has 5 rings (SSSR count). The van der Waals surface area contributed by atoms with E-state index in [1.54, 1.807) is 53.7 Å². The molecule has 2 amide bonds. The van der Waals surface area contributed by atoms with E-state index >= 15 is 0 Å². The van der Waals surface area contributed by atoms with Crippen molar-refractivity contribution in [3.63, 3.8) is 0 Å². The minimum atomic E-state index is -0.865. The Hall–Kier alpha value is -6.83. The first-order valence-electron chi connectivity index (χ1n) is 17.2. The normalized spacial score (nSPS) is 11.4. The number of alkyl carbamates (subject to hydrolysis) is 2. The Kier molecular flexibility index (Phi) is 15.8. The van der Waals surface area contributed by atoms with Gasteiger partial charge in [-0.25, -0.2) is 42.0 Å². The zero-order valence-corrected chi connectivity index (χ0v) is 34.2. The quantitative estimate of drug-likeness (QED) is 0.0409. The fourth-order valence-corrected chi connectivity index (χ4v) is 5.86. The van der Waals surface area contributed by atoms with E-state index in [9.17, 15) is 28.4 Å². The van der Waals surface area contributed by atoms with E-state index in [4.69, 9.17) is 33.8 Å². The zero-order chi connectivity index (χ0) is 44.0. The summed E-state index contributed by atoms with van der Waals surface area (Å²) in [5, 5.41) is 51.8. The molecule has 0 aliphatic rings. The molecule has 0 bridgehead atoms. The summed E-state index contributed by atoms with van der Waals surface area (Å²) in [4.78, 5) is 39.6. The number of amides is 2. The predicted molar refractivity (Wildman–Crippen MR) is 207 cm³/mol. The number of hydrogen-bond acceptors (Lipinski definition) is 19. The highest BCUT2D eigenvalue weighted by atomic mass is 32.2. The van der Waals surface area contributed by atoms with Crippen LogP contribution in [0.1, 0.15) is 58.4 Å². The number of nitriles is 2. The third-order valence-electron chi connectivity index (χ3n) is 6.72. The van der Waals surface area contributed by atoms with Crippen LogP contribution in [-0.4, -0.2) is 89.4 Å². The number of carbonyl (C=O) groups is 2. The molecule has 3 aromatic heterocycles. The highest BCUT2D eigenvalue weighted by Gasteiger charge is 2.24. The van der Waals surface area contributed by atoms with E-state index in [0.717, 1.165) is 16.7 Å². The number of carbonyl (C=O) groups excluding carboxylic acids is 2. The van der Waals surface area contributed by atoms with Crippen LogP contribution >= 0.6 is 23.5 Å². The number of amidine groups is 1. The average molecular weight is 871 g/mol. The van der Waals surface area contributed by atoms with Crippen molar-refractivity contribution >= 4 is 47.2 Å². The van der Waals surface area contributed by atoms with Gasteiger partial charge in [-0.1, -0.05) is 28.7 Å². The minimum Gasteiger partial charge on any atom is -0.444 e. The molecule has 0 saturated heterocycles. The molecule has 4 N–H and O–H groups in total. The third-order valence-corrected chi connectivity index (χ3v) is 8.62. The van der Waals surface area contributed by atoms with Gasteiger partial charge in [0.25, 0.3) is 0 Å². The lowest BCUT2D eigenvalue weighted by Gasteiger charge is -2.19. The lowest BCUT2D eigenvalue weighted by Crippen LogP contribution is -2.33. The summed E-state index contributed by atoms with van der Waals surface area (Å²) in [7, 11) is 0. The molecule has 0 unspecified atom stereocenters. The first kappa shape index (κ1) is 45.9. The van der Waals surface area contributed by atoms with Crippen LogP contribution < -0.4 is 21.9 Å². The number of aliphatic imine (C=N–C) groups is 1. The van der Waals surface area contributed by atoms with Gasteiger partial charge in [0.15, 0.2) is 27.3 Å². The highest BCUT2D eigenvalue weighted by Crippen LogP contribution is 2.28. The Labute approximate surface area is 347 Å². The van der Waals surface area contributed by atoms with E-state index in [-0.39, 0.29) is 63.7 Å². The molecule has 2 aromatic carbocycles. The van der Waals surface area contributed by atoms with Gasteiger partial charge in [-0.05, 0) is 98.6 Å². The van der Waals surface area contributed by atoms with Crippen LogP contribution in [0.15, 0.2) is 70.0 Å². The van der Waals surface area contributed by atoms with Crippen LogP contribution in [0.2, 0.25) is 0 Å². The number of hydrogen-bond donors (Lipinski definition) is 4. The van der Waals surface area contributed by atoms with Crippen molar-refractivity contribution in [1.29, 1.82) is 10.5 Å². The second-order valence-electron chi connectivity index (χ2n) is 13.6. The van der Waals surface area contributed by atoms with Crippen molar-refractivity contribution < 1.29 is 46.8 Å². The molecule has 25 heteroatoms. The van der Waals surface area contributed by atoms with E-state index in [1.165, 1.54) is 47.8 Å². The number of ether oxygens (including phenoxy) is 2. The summed E-state index contributed by atoms with van der Waals surface area (Å²) in [6, 6.07) is 10.6. The van der Waals surface area contributed by atoms with Gasteiger partial charge >= 0.3 is 17.9 Å². The number of aromatic nitrogens is 6. The first-order valence-corrected chi connectivity index (χ1v) is 19.2. The van der Waals surface area contributed by atoms with Gasteiger partial charge in [-0.3, -0.25) is 15.2 Å². The second-order valence-corrected chi connectivity index (χ2v) is 15.8. The Balaban J connectivity index is 0.000000265. The van der Waals surface area contributed by atoms with Crippen LogP contribution in [0.25, 0.3) is 17.2 Å². The monoisotopic (exact) mass is 870 g/mol. The maximum absolute atomic E-state index is 13.6. The number of rotatable bonds is 12. The van der Waals surface area contributed by atoms with Gasteiger partial charge in [0.1, 0.15) is 35.0 Å². The molecule has 5 aromatic rings. The summed E-state index contributed by atoms with van der Waals surface area (Å²) in [6.45, 7) is 11.1.